The van der Waals surface area contributed by atoms with Gasteiger partial charge in [-0.15, -0.1) is 0 Å². The molecule has 0 radical (unpaired) electrons. The first kappa shape index (κ1) is 49.1. The monoisotopic (exact) mass is 985 g/mol. The van der Waals surface area contributed by atoms with Crippen molar-refractivity contribution in [1.82, 2.24) is 40.4 Å². The van der Waals surface area contributed by atoms with Gasteiger partial charge in [-0.2, -0.15) is 0 Å². The minimum absolute atomic E-state index is 0.0458. The summed E-state index contributed by atoms with van der Waals surface area (Å²) in [4.78, 5) is 75.8. The first-order valence-electron chi connectivity index (χ1n) is 25.6. The van der Waals surface area contributed by atoms with Crippen molar-refractivity contribution in [3.05, 3.63) is 78.0 Å². The van der Waals surface area contributed by atoms with Crippen LogP contribution in [0.4, 0.5) is 9.59 Å². The van der Waals surface area contributed by atoms with E-state index in [-0.39, 0.29) is 72.1 Å². The number of carbonyl (C=O) groups is 4. The molecule has 3 aromatic carbocycles. The van der Waals surface area contributed by atoms with Crippen LogP contribution in [0.15, 0.2) is 60.8 Å². The van der Waals surface area contributed by atoms with Crippen LogP contribution >= 0.6 is 0 Å². The molecule has 5 aliphatic heterocycles. The number of fused-ring (bicyclic) bond motifs is 6. The van der Waals surface area contributed by atoms with Crippen LogP contribution in [0.25, 0.3) is 44.2 Å². The van der Waals surface area contributed by atoms with Gasteiger partial charge in [-0.25, -0.2) is 19.6 Å². The van der Waals surface area contributed by atoms with Gasteiger partial charge >= 0.3 is 12.2 Å². The largest absolute Gasteiger partial charge is 0.488 e. The number of rotatable bonds is 9. The predicted molar refractivity (Wildman–Crippen MR) is 271 cm³/mol. The first-order chi connectivity index (χ1) is 34.5. The van der Waals surface area contributed by atoms with Crippen molar-refractivity contribution in [3.63, 3.8) is 0 Å². The number of methoxy groups -OCH3 is 2. The Morgan fingerprint density at radius 2 is 1.36 bits per heavy atom. The zero-order valence-electron chi connectivity index (χ0n) is 42.7. The highest BCUT2D eigenvalue weighted by Crippen LogP contribution is 2.46. The van der Waals surface area contributed by atoms with E-state index in [1.165, 1.54) is 14.2 Å². The second kappa shape index (κ2) is 19.5. The molecule has 7 heterocycles. The van der Waals surface area contributed by atoms with Crippen LogP contribution in [0.1, 0.15) is 116 Å². The van der Waals surface area contributed by atoms with Crippen molar-refractivity contribution in [1.29, 1.82) is 0 Å². The van der Waals surface area contributed by atoms with Crippen molar-refractivity contribution in [3.8, 4) is 28.1 Å². The van der Waals surface area contributed by atoms with Crippen LogP contribution in [0.3, 0.4) is 0 Å². The zero-order chi connectivity index (χ0) is 50.9. The van der Waals surface area contributed by atoms with Crippen LogP contribution in [0, 0.1) is 17.8 Å². The van der Waals surface area contributed by atoms with Crippen molar-refractivity contribution in [2.24, 2.45) is 17.8 Å². The molecule has 72 heavy (non-hydrogen) atoms. The van der Waals surface area contributed by atoms with Gasteiger partial charge in [-0.05, 0) is 144 Å². The second-order valence-electron chi connectivity index (χ2n) is 21.2. The van der Waals surface area contributed by atoms with Crippen LogP contribution in [-0.2, 0) is 35.1 Å². The standard InChI is InChI=1S/C55H68N8O9/c1-26-15-44(62(32(26)7)52(64)47(60-54(66)68-9)36-17-28(3)71-29(4)18-36)50-56-24-43(58-50)35-11-13-39-38(21-35)25-70-46-23-40-34(22-41(39)46)12-14-42-49(40)59-51(57-42)45-16-27(2)33(8)63(45)53(65)48(61-55(67)69-10)37-19-30(5)72-31(6)20-37/h11-14,21-24,27-33,36-37,44-45,47-48H,1,15-20,25H2,2-10H3,(H,56,58)(H,57,59)(H,60,66)(H,61,67)/t27-,28-,29-,30-,31-,32-,33-,44-,45?,47+,48+/m1/s1. The molecule has 5 aromatic rings. The number of aromatic nitrogens is 4. The lowest BCUT2D eigenvalue weighted by Gasteiger charge is -2.39. The Balaban J connectivity index is 0.906. The van der Waals surface area contributed by atoms with Crippen molar-refractivity contribution in [2.75, 3.05) is 14.2 Å². The van der Waals surface area contributed by atoms with Gasteiger partial charge in [0.25, 0.3) is 0 Å². The third kappa shape index (κ3) is 9.07. The lowest BCUT2D eigenvalue weighted by molar-refractivity contribution is -0.141. The number of likely N-dealkylation sites (tertiary alicyclic amines) is 2. The summed E-state index contributed by atoms with van der Waals surface area (Å²) >= 11 is 0. The first-order valence-corrected chi connectivity index (χ1v) is 25.6. The molecule has 0 bridgehead atoms. The molecular formula is C55H68N8O9. The maximum atomic E-state index is 14.8. The Labute approximate surface area is 420 Å². The van der Waals surface area contributed by atoms with Gasteiger partial charge < -0.3 is 54.1 Å². The van der Waals surface area contributed by atoms with Gasteiger partial charge in [0.05, 0.1) is 79.7 Å². The Kier molecular flexibility index (Phi) is 13.3. The summed E-state index contributed by atoms with van der Waals surface area (Å²) < 4.78 is 28.5. The molecule has 4 fully saturated rings. The number of nitrogens with zero attached hydrogens (tertiary/aromatic N) is 4. The highest BCUT2D eigenvalue weighted by molar-refractivity contribution is 6.07. The van der Waals surface area contributed by atoms with E-state index in [0.29, 0.717) is 56.8 Å². The lowest BCUT2D eigenvalue weighted by Crippen LogP contribution is -2.55. The number of aromatic amines is 2. The van der Waals surface area contributed by atoms with Gasteiger partial charge in [0, 0.05) is 17.0 Å². The maximum absolute atomic E-state index is 14.8. The molecule has 2 aromatic heterocycles. The number of H-pyrrole nitrogens is 2. The third-order valence-electron chi connectivity index (χ3n) is 16.3. The molecule has 4 N–H and O–H groups in total. The number of nitrogens with one attached hydrogen (secondary N) is 4. The highest BCUT2D eigenvalue weighted by Gasteiger charge is 2.48. The molecule has 0 aliphatic carbocycles. The highest BCUT2D eigenvalue weighted by atomic mass is 16.5. The normalized spacial score (nSPS) is 29.0. The van der Waals surface area contributed by atoms with Gasteiger partial charge in [-0.3, -0.25) is 9.59 Å². The van der Waals surface area contributed by atoms with Crippen LogP contribution in [-0.4, -0.2) is 117 Å². The van der Waals surface area contributed by atoms with Crippen molar-refractivity contribution >= 4 is 45.8 Å². The minimum atomic E-state index is -0.805. The molecule has 17 heteroatoms. The number of hydrogen-bond donors (Lipinski definition) is 4. The summed E-state index contributed by atoms with van der Waals surface area (Å²) in [5.41, 5.74) is 7.36. The number of carbonyl (C=O) groups excluding carboxylic acids is 4. The molecule has 17 nitrogen and oxygen atoms in total. The van der Waals surface area contributed by atoms with Gasteiger partial charge in [-0.1, -0.05) is 37.3 Å². The SMILES string of the molecule is C=C1C[C@H](c2ncc(-c3ccc4c(c3)COc3cc5c(ccc6[nH]c(C7C[C@@H](C)[C@@H](C)N7C(=O)[C@@H](NC(=O)OC)C7C[C@@H](C)O[C@H](C)C7)nc65)cc3-4)[nH]2)N(C(=O)[C@@H](NC(=O)OC)C2C[C@@H](C)O[C@H](C)C2)[C@@H]1C. The molecule has 4 saturated heterocycles. The molecule has 11 atom stereocenters. The zero-order valence-corrected chi connectivity index (χ0v) is 42.7. The number of hydrogen-bond acceptors (Lipinski definition) is 11. The van der Waals surface area contributed by atoms with Crippen LogP contribution in [0.2, 0.25) is 0 Å². The summed E-state index contributed by atoms with van der Waals surface area (Å²) in [7, 11) is 2.62. The van der Waals surface area contributed by atoms with E-state index in [2.05, 4.69) is 77.4 Å². The Bertz CT molecular complexity index is 2910. The fourth-order valence-corrected chi connectivity index (χ4v) is 12.6. The van der Waals surface area contributed by atoms with E-state index < -0.39 is 30.3 Å². The third-order valence-corrected chi connectivity index (χ3v) is 16.3. The number of imidazole rings is 2. The number of amides is 4. The molecule has 0 saturated carbocycles. The second-order valence-corrected chi connectivity index (χ2v) is 21.2. The predicted octanol–water partition coefficient (Wildman–Crippen LogP) is 9.04. The quantitative estimate of drug-likeness (QED) is 0.103. The van der Waals surface area contributed by atoms with E-state index >= 15 is 0 Å². The van der Waals surface area contributed by atoms with E-state index in [9.17, 15) is 19.2 Å². The summed E-state index contributed by atoms with van der Waals surface area (Å²) in [5.74, 6) is 1.70. The molecule has 0 spiro atoms. The van der Waals surface area contributed by atoms with Gasteiger partial charge in [0.15, 0.2) is 0 Å². The van der Waals surface area contributed by atoms with Crippen molar-refractivity contribution in [2.45, 2.75) is 154 Å². The van der Waals surface area contributed by atoms with Crippen LogP contribution < -0.4 is 15.4 Å². The molecule has 5 aliphatic rings. The number of ether oxygens (including phenoxy) is 5. The fraction of sp³-hybridized carbons (Fsp3) is 0.527. The molecule has 1 unspecified atom stereocenters. The number of benzene rings is 3. The molecule has 382 valence electrons. The van der Waals surface area contributed by atoms with Crippen molar-refractivity contribution < 1.29 is 42.9 Å². The van der Waals surface area contributed by atoms with E-state index in [4.69, 9.17) is 33.7 Å². The number of alkyl carbamates (subject to hydrolysis) is 2. The van der Waals surface area contributed by atoms with Gasteiger partial charge in [0.1, 0.15) is 36.1 Å². The maximum Gasteiger partial charge on any atom is 0.407 e. The topological polar surface area (TPSA) is 202 Å². The van der Waals surface area contributed by atoms with E-state index in [1.54, 1.807) is 6.20 Å². The van der Waals surface area contributed by atoms with E-state index in [1.807, 2.05) is 50.5 Å². The molecule has 4 amide bonds. The smallest absolute Gasteiger partial charge is 0.407 e. The van der Waals surface area contributed by atoms with Crippen LogP contribution in [0.5, 0.6) is 5.75 Å². The van der Waals surface area contributed by atoms with Gasteiger partial charge in [0.2, 0.25) is 11.8 Å². The minimum Gasteiger partial charge on any atom is -0.488 e. The van der Waals surface area contributed by atoms with E-state index in [0.717, 1.165) is 61.1 Å². The Hall–Kier alpha value is -6.46. The summed E-state index contributed by atoms with van der Waals surface area (Å²) in [5, 5.41) is 7.72. The molecular weight excluding hydrogens is 917 g/mol. The summed E-state index contributed by atoms with van der Waals surface area (Å²) in [6, 6.07) is 12.0. The average Bonchev–Trinajstić information content (AvgIpc) is 4.15. The molecule has 10 rings (SSSR count). The lowest BCUT2D eigenvalue weighted by atomic mass is 9.85. The Morgan fingerprint density at radius 1 is 0.736 bits per heavy atom. The average molecular weight is 985 g/mol. The fourth-order valence-electron chi connectivity index (χ4n) is 12.6. The Morgan fingerprint density at radius 3 is 1.99 bits per heavy atom. The summed E-state index contributed by atoms with van der Waals surface area (Å²) in [6.07, 6.45) is 4.11. The summed E-state index contributed by atoms with van der Waals surface area (Å²) in [6.45, 7) is 18.9.